The van der Waals surface area contributed by atoms with E-state index in [2.05, 4.69) is 0 Å². The molecule has 1 amide bonds. The standard InChI is InChI=1S/C10H10F3NO3/c11-10(12,13)9(16)14-1-4-5(2-14)7-6(4)3-17-8(7)15/h4-7H,1-3H2/t4-,5+,6+,7-/m0/s1. The van der Waals surface area contributed by atoms with Gasteiger partial charge in [0.2, 0.25) is 0 Å². The molecule has 3 aliphatic rings. The van der Waals surface area contributed by atoms with Gasteiger partial charge in [0, 0.05) is 19.0 Å². The molecule has 0 aromatic rings. The lowest BCUT2D eigenvalue weighted by molar-refractivity contribution is -0.184. The Labute approximate surface area is 94.7 Å². The Hall–Kier alpha value is -1.27. The second kappa shape index (κ2) is 3.14. The molecule has 4 nitrogen and oxygen atoms in total. The number of cyclic esters (lactones) is 1. The molecular formula is C10H10F3NO3. The highest BCUT2D eigenvalue weighted by Crippen LogP contribution is 2.54. The Bertz CT molecular complexity index is 395. The molecule has 1 saturated carbocycles. The third kappa shape index (κ3) is 1.37. The first-order chi connectivity index (χ1) is 7.89. The minimum absolute atomic E-state index is 0.00208. The van der Waals surface area contributed by atoms with E-state index in [1.165, 1.54) is 0 Å². The zero-order chi connectivity index (χ0) is 12.4. The molecule has 3 fully saturated rings. The molecule has 0 aromatic heterocycles. The number of ether oxygens (including phenoxy) is 1. The molecule has 0 bridgehead atoms. The number of halogens is 3. The second-order valence-corrected chi connectivity index (χ2v) is 4.86. The van der Waals surface area contributed by atoms with Gasteiger partial charge in [0.25, 0.3) is 0 Å². The minimum Gasteiger partial charge on any atom is -0.465 e. The molecule has 4 atom stereocenters. The molecule has 0 spiro atoms. The molecule has 0 N–H and O–H groups in total. The van der Waals surface area contributed by atoms with Crippen LogP contribution in [0.2, 0.25) is 0 Å². The predicted octanol–water partition coefficient (Wildman–Crippen LogP) is 0.426. The van der Waals surface area contributed by atoms with Gasteiger partial charge in [0.05, 0.1) is 12.5 Å². The van der Waals surface area contributed by atoms with Gasteiger partial charge in [-0.15, -0.1) is 0 Å². The summed E-state index contributed by atoms with van der Waals surface area (Å²) in [6.07, 6.45) is -4.82. The smallest absolute Gasteiger partial charge is 0.465 e. The first kappa shape index (κ1) is 10.9. The number of alkyl halides is 3. The van der Waals surface area contributed by atoms with Crippen LogP contribution in [-0.2, 0) is 14.3 Å². The lowest BCUT2D eigenvalue weighted by atomic mass is 9.60. The maximum atomic E-state index is 12.3. The van der Waals surface area contributed by atoms with Crippen molar-refractivity contribution in [2.45, 2.75) is 6.18 Å². The summed E-state index contributed by atoms with van der Waals surface area (Å²) < 4.78 is 41.7. The average molecular weight is 249 g/mol. The minimum atomic E-state index is -4.82. The van der Waals surface area contributed by atoms with Crippen molar-refractivity contribution < 1.29 is 27.5 Å². The first-order valence-electron chi connectivity index (χ1n) is 5.42. The number of esters is 1. The van der Waals surface area contributed by atoms with Crippen molar-refractivity contribution in [2.75, 3.05) is 19.7 Å². The number of likely N-dealkylation sites (tertiary alicyclic amines) is 1. The fourth-order valence-electron chi connectivity index (χ4n) is 3.32. The van der Waals surface area contributed by atoms with Gasteiger partial charge in [-0.3, -0.25) is 9.59 Å². The highest BCUT2D eigenvalue weighted by Gasteiger charge is 2.63. The van der Waals surface area contributed by atoms with Crippen molar-refractivity contribution in [3.8, 4) is 0 Å². The molecule has 1 aliphatic carbocycles. The number of amides is 1. The molecule has 3 rings (SSSR count). The summed E-state index contributed by atoms with van der Waals surface area (Å²) >= 11 is 0. The maximum Gasteiger partial charge on any atom is 0.471 e. The Balaban J connectivity index is 1.72. The fraction of sp³-hybridized carbons (Fsp3) is 0.800. The SMILES string of the molecule is O=C1OC[C@@H]2[C@H]3CN(C(=O)C(F)(F)F)C[C@H]3[C@H]12. The summed E-state index contributed by atoms with van der Waals surface area (Å²) in [7, 11) is 0. The van der Waals surface area contributed by atoms with Gasteiger partial charge in [-0.05, 0) is 11.8 Å². The van der Waals surface area contributed by atoms with Gasteiger partial charge >= 0.3 is 18.1 Å². The molecule has 0 radical (unpaired) electrons. The van der Waals surface area contributed by atoms with Crippen molar-refractivity contribution in [1.29, 1.82) is 0 Å². The van der Waals surface area contributed by atoms with Crippen LogP contribution in [0.25, 0.3) is 0 Å². The topological polar surface area (TPSA) is 46.6 Å². The van der Waals surface area contributed by atoms with Crippen LogP contribution < -0.4 is 0 Å². The molecule has 17 heavy (non-hydrogen) atoms. The molecule has 2 saturated heterocycles. The summed E-state index contributed by atoms with van der Waals surface area (Å²) in [6, 6.07) is 0. The zero-order valence-electron chi connectivity index (χ0n) is 8.74. The molecule has 7 heteroatoms. The summed E-state index contributed by atoms with van der Waals surface area (Å²) in [5, 5.41) is 0. The monoisotopic (exact) mass is 249 g/mol. The van der Waals surface area contributed by atoms with Gasteiger partial charge in [-0.1, -0.05) is 0 Å². The van der Waals surface area contributed by atoms with E-state index in [-0.39, 0.29) is 42.7 Å². The predicted molar refractivity (Wildman–Crippen MR) is 47.6 cm³/mol. The van der Waals surface area contributed by atoms with Gasteiger partial charge in [-0.2, -0.15) is 13.2 Å². The Morgan fingerprint density at radius 1 is 1.24 bits per heavy atom. The number of rotatable bonds is 0. The fourth-order valence-corrected chi connectivity index (χ4v) is 3.32. The van der Waals surface area contributed by atoms with Crippen molar-refractivity contribution >= 4 is 11.9 Å². The quantitative estimate of drug-likeness (QED) is 0.585. The average Bonchev–Trinajstić information content (AvgIpc) is 2.70. The summed E-state index contributed by atoms with van der Waals surface area (Å²) in [4.78, 5) is 23.2. The van der Waals surface area contributed by atoms with Gasteiger partial charge in [0.1, 0.15) is 0 Å². The molecule has 2 aliphatic heterocycles. The van der Waals surface area contributed by atoms with E-state index in [4.69, 9.17) is 4.74 Å². The van der Waals surface area contributed by atoms with E-state index in [0.717, 1.165) is 4.90 Å². The molecule has 0 unspecified atom stereocenters. The van der Waals surface area contributed by atoms with E-state index < -0.39 is 12.1 Å². The molecule has 94 valence electrons. The van der Waals surface area contributed by atoms with Crippen LogP contribution in [0.1, 0.15) is 0 Å². The summed E-state index contributed by atoms with van der Waals surface area (Å²) in [5.41, 5.74) is 0. The van der Waals surface area contributed by atoms with Gasteiger partial charge in [0.15, 0.2) is 0 Å². The third-order valence-corrected chi connectivity index (χ3v) is 4.10. The largest absolute Gasteiger partial charge is 0.471 e. The van der Waals surface area contributed by atoms with Crippen molar-refractivity contribution in [1.82, 2.24) is 4.90 Å². The van der Waals surface area contributed by atoms with Crippen molar-refractivity contribution in [2.24, 2.45) is 23.7 Å². The number of hydrogen-bond donors (Lipinski definition) is 0. The Kier molecular flexibility index (Phi) is 2.01. The highest BCUT2D eigenvalue weighted by molar-refractivity contribution is 5.83. The van der Waals surface area contributed by atoms with E-state index in [1.807, 2.05) is 0 Å². The number of hydrogen-bond acceptors (Lipinski definition) is 3. The van der Waals surface area contributed by atoms with E-state index in [9.17, 15) is 22.8 Å². The summed E-state index contributed by atoms with van der Waals surface area (Å²) in [5.74, 6) is -2.53. The Morgan fingerprint density at radius 3 is 2.53 bits per heavy atom. The normalized spacial score (nSPS) is 39.5. The van der Waals surface area contributed by atoms with Crippen LogP contribution >= 0.6 is 0 Å². The van der Waals surface area contributed by atoms with Crippen LogP contribution in [0.15, 0.2) is 0 Å². The van der Waals surface area contributed by atoms with E-state index in [1.54, 1.807) is 0 Å². The number of carbonyl (C=O) groups is 2. The highest BCUT2D eigenvalue weighted by atomic mass is 19.4. The lowest BCUT2D eigenvalue weighted by Gasteiger charge is -2.39. The molecule has 2 heterocycles. The Morgan fingerprint density at radius 2 is 1.88 bits per heavy atom. The van der Waals surface area contributed by atoms with Crippen LogP contribution in [0.4, 0.5) is 13.2 Å². The van der Waals surface area contributed by atoms with Gasteiger partial charge < -0.3 is 9.64 Å². The molecule has 0 aromatic carbocycles. The van der Waals surface area contributed by atoms with Crippen LogP contribution in [-0.4, -0.2) is 42.6 Å². The number of fused-ring (bicyclic) bond motifs is 4. The lowest BCUT2D eigenvalue weighted by Crippen LogP contribution is -2.46. The van der Waals surface area contributed by atoms with Crippen LogP contribution in [0.3, 0.4) is 0 Å². The zero-order valence-corrected chi connectivity index (χ0v) is 8.74. The van der Waals surface area contributed by atoms with Crippen molar-refractivity contribution in [3.05, 3.63) is 0 Å². The molecular weight excluding hydrogens is 239 g/mol. The number of nitrogens with zero attached hydrogens (tertiary/aromatic N) is 1. The van der Waals surface area contributed by atoms with Crippen molar-refractivity contribution in [3.63, 3.8) is 0 Å². The summed E-state index contributed by atoms with van der Waals surface area (Å²) in [6.45, 7) is 0.415. The van der Waals surface area contributed by atoms with E-state index >= 15 is 0 Å². The van der Waals surface area contributed by atoms with Gasteiger partial charge in [-0.25, -0.2) is 0 Å². The third-order valence-electron chi connectivity index (χ3n) is 4.10. The van der Waals surface area contributed by atoms with Crippen LogP contribution in [0.5, 0.6) is 0 Å². The van der Waals surface area contributed by atoms with Crippen LogP contribution in [0, 0.1) is 23.7 Å². The second-order valence-electron chi connectivity index (χ2n) is 4.86. The van der Waals surface area contributed by atoms with E-state index in [0.29, 0.717) is 6.61 Å². The maximum absolute atomic E-state index is 12.3. The number of carbonyl (C=O) groups excluding carboxylic acids is 2. The first-order valence-corrected chi connectivity index (χ1v) is 5.42.